The van der Waals surface area contributed by atoms with Crippen LogP contribution >= 0.6 is 0 Å². The predicted molar refractivity (Wildman–Crippen MR) is 103 cm³/mol. The van der Waals surface area contributed by atoms with Crippen LogP contribution in [0.3, 0.4) is 0 Å². The topological polar surface area (TPSA) is 49.9 Å². The van der Waals surface area contributed by atoms with E-state index in [1.54, 1.807) is 23.5 Å². The zero-order valence-corrected chi connectivity index (χ0v) is 16.4. The van der Waals surface area contributed by atoms with Crippen molar-refractivity contribution in [2.75, 3.05) is 33.3 Å². The summed E-state index contributed by atoms with van der Waals surface area (Å²) in [6, 6.07) is 13.2. The summed E-state index contributed by atoms with van der Waals surface area (Å²) in [7, 11) is -1.73. The predicted octanol–water partition coefficient (Wildman–Crippen LogP) is 2.82. The summed E-state index contributed by atoms with van der Waals surface area (Å²) in [4.78, 5) is 2.65. The molecule has 0 unspecified atom stereocenters. The second-order valence-corrected chi connectivity index (χ2v) is 8.75. The molecule has 0 radical (unpaired) electrons. The van der Waals surface area contributed by atoms with Crippen molar-refractivity contribution in [1.29, 1.82) is 0 Å². The zero-order chi connectivity index (χ0) is 18.7. The number of benzene rings is 2. The summed E-state index contributed by atoms with van der Waals surface area (Å²) < 4.78 is 32.6. The Morgan fingerprint density at radius 1 is 0.923 bits per heavy atom. The number of hydrogen-bond acceptors (Lipinski definition) is 4. The summed E-state index contributed by atoms with van der Waals surface area (Å²) in [6.07, 6.45) is 0. The Morgan fingerprint density at radius 3 is 2.15 bits per heavy atom. The Kier molecular flexibility index (Phi) is 5.65. The largest absolute Gasteiger partial charge is 0.496 e. The fourth-order valence-corrected chi connectivity index (χ4v) is 4.68. The Hall–Kier alpha value is -1.89. The van der Waals surface area contributed by atoms with Crippen molar-refractivity contribution in [3.63, 3.8) is 0 Å². The molecule has 0 saturated carbocycles. The summed E-state index contributed by atoms with van der Waals surface area (Å²) >= 11 is 0. The van der Waals surface area contributed by atoms with Gasteiger partial charge in [-0.3, -0.25) is 4.90 Å². The van der Waals surface area contributed by atoms with E-state index in [0.717, 1.165) is 23.4 Å². The second-order valence-electron chi connectivity index (χ2n) is 6.81. The van der Waals surface area contributed by atoms with Gasteiger partial charge < -0.3 is 4.74 Å². The van der Waals surface area contributed by atoms with E-state index in [0.29, 0.717) is 31.1 Å². The van der Waals surface area contributed by atoms with Crippen LogP contribution in [-0.4, -0.2) is 50.9 Å². The molecule has 0 atom stereocenters. The zero-order valence-electron chi connectivity index (χ0n) is 15.6. The number of aryl methyl sites for hydroxylation is 2. The Morgan fingerprint density at radius 2 is 1.54 bits per heavy atom. The highest BCUT2D eigenvalue weighted by atomic mass is 32.2. The smallest absolute Gasteiger partial charge is 0.243 e. The summed E-state index contributed by atoms with van der Waals surface area (Å²) in [5.74, 6) is 0.880. The molecule has 140 valence electrons. The molecule has 1 aliphatic rings. The summed E-state index contributed by atoms with van der Waals surface area (Å²) in [6.45, 7) is 7.21. The summed E-state index contributed by atoms with van der Waals surface area (Å²) in [5, 5.41) is 0. The van der Waals surface area contributed by atoms with Crippen LogP contribution in [0.25, 0.3) is 0 Å². The maximum absolute atomic E-state index is 12.8. The third kappa shape index (κ3) is 4.09. The van der Waals surface area contributed by atoms with Crippen molar-refractivity contribution < 1.29 is 13.2 Å². The van der Waals surface area contributed by atoms with Gasteiger partial charge in [0.25, 0.3) is 0 Å². The van der Waals surface area contributed by atoms with Crippen molar-refractivity contribution in [3.8, 4) is 5.75 Å². The number of rotatable bonds is 5. The van der Waals surface area contributed by atoms with Gasteiger partial charge in [-0.1, -0.05) is 35.4 Å². The number of hydrogen-bond donors (Lipinski definition) is 0. The number of piperazine rings is 1. The molecule has 0 bridgehead atoms. The van der Waals surface area contributed by atoms with Crippen molar-refractivity contribution in [2.45, 2.75) is 25.3 Å². The number of sulfonamides is 1. The van der Waals surface area contributed by atoms with Gasteiger partial charge >= 0.3 is 0 Å². The van der Waals surface area contributed by atoms with E-state index in [1.165, 1.54) is 5.56 Å². The van der Waals surface area contributed by atoms with Gasteiger partial charge in [0.2, 0.25) is 10.0 Å². The molecular weight excluding hydrogens is 348 g/mol. The highest BCUT2D eigenvalue weighted by molar-refractivity contribution is 7.89. The maximum atomic E-state index is 12.8. The van der Waals surface area contributed by atoms with Crippen LogP contribution in [0.5, 0.6) is 5.75 Å². The van der Waals surface area contributed by atoms with Crippen LogP contribution in [0.2, 0.25) is 0 Å². The van der Waals surface area contributed by atoms with Crippen LogP contribution < -0.4 is 4.74 Å². The number of nitrogens with zero attached hydrogens (tertiary/aromatic N) is 2. The first-order valence-corrected chi connectivity index (χ1v) is 10.3. The van der Waals surface area contributed by atoms with Crippen LogP contribution in [0, 0.1) is 13.8 Å². The van der Waals surface area contributed by atoms with Gasteiger partial charge in [-0.2, -0.15) is 4.31 Å². The van der Waals surface area contributed by atoms with Gasteiger partial charge in [0.05, 0.1) is 12.0 Å². The normalized spacial score (nSPS) is 16.6. The first-order valence-electron chi connectivity index (χ1n) is 8.83. The van der Waals surface area contributed by atoms with Crippen LogP contribution in [0.15, 0.2) is 47.4 Å². The molecular formula is C20H26N2O3S. The first kappa shape index (κ1) is 18.9. The lowest BCUT2D eigenvalue weighted by molar-refractivity contribution is 0.180. The minimum absolute atomic E-state index is 0.372. The second kappa shape index (κ2) is 7.78. The molecule has 0 aromatic heterocycles. The average molecular weight is 375 g/mol. The molecule has 5 nitrogen and oxygen atoms in total. The van der Waals surface area contributed by atoms with E-state index >= 15 is 0 Å². The molecule has 0 amide bonds. The molecule has 1 fully saturated rings. The fraction of sp³-hybridized carbons (Fsp3) is 0.400. The van der Waals surface area contributed by atoms with Gasteiger partial charge in [-0.05, 0) is 32.0 Å². The molecule has 1 heterocycles. The molecule has 6 heteroatoms. The number of ether oxygens (including phenoxy) is 1. The molecule has 0 N–H and O–H groups in total. The van der Waals surface area contributed by atoms with Crippen LogP contribution in [0.1, 0.15) is 16.7 Å². The van der Waals surface area contributed by atoms with E-state index in [-0.39, 0.29) is 0 Å². The van der Waals surface area contributed by atoms with Gasteiger partial charge in [0.15, 0.2) is 0 Å². The highest BCUT2D eigenvalue weighted by Gasteiger charge is 2.28. The Balaban J connectivity index is 1.66. The molecule has 1 aliphatic heterocycles. The van der Waals surface area contributed by atoms with Crippen molar-refractivity contribution in [2.24, 2.45) is 0 Å². The van der Waals surface area contributed by atoms with Gasteiger partial charge in [-0.25, -0.2) is 8.42 Å². The van der Waals surface area contributed by atoms with Crippen LogP contribution in [-0.2, 0) is 16.6 Å². The van der Waals surface area contributed by atoms with Crippen LogP contribution in [0.4, 0.5) is 0 Å². The maximum Gasteiger partial charge on any atom is 0.243 e. The quantitative estimate of drug-likeness (QED) is 0.808. The van der Waals surface area contributed by atoms with E-state index in [1.807, 2.05) is 31.2 Å². The van der Waals surface area contributed by atoms with E-state index < -0.39 is 10.0 Å². The van der Waals surface area contributed by atoms with Gasteiger partial charge in [0.1, 0.15) is 5.75 Å². The van der Waals surface area contributed by atoms with Gasteiger partial charge in [0, 0.05) is 38.3 Å². The molecule has 3 rings (SSSR count). The standard InChI is InChI=1S/C20H26N2O3S/c1-16-4-7-19(8-5-16)26(23,24)22-12-10-21(11-13-22)15-18-14-17(2)6-9-20(18)25-3/h4-9,14H,10-13,15H2,1-3H3. The molecule has 26 heavy (non-hydrogen) atoms. The van der Waals surface area contributed by atoms with Gasteiger partial charge in [-0.15, -0.1) is 0 Å². The Labute approximate surface area is 156 Å². The third-order valence-electron chi connectivity index (χ3n) is 4.82. The van der Waals surface area contributed by atoms with E-state index in [2.05, 4.69) is 17.9 Å². The SMILES string of the molecule is COc1ccc(C)cc1CN1CCN(S(=O)(=O)c2ccc(C)cc2)CC1. The summed E-state index contributed by atoms with van der Waals surface area (Å²) in [5.41, 5.74) is 3.39. The monoisotopic (exact) mass is 374 g/mol. The van der Waals surface area contributed by atoms with Crippen molar-refractivity contribution >= 4 is 10.0 Å². The third-order valence-corrected chi connectivity index (χ3v) is 6.73. The lowest BCUT2D eigenvalue weighted by Gasteiger charge is -2.34. The van der Waals surface area contributed by atoms with E-state index in [4.69, 9.17) is 4.74 Å². The van der Waals surface area contributed by atoms with Crippen molar-refractivity contribution in [3.05, 3.63) is 59.2 Å². The minimum Gasteiger partial charge on any atom is -0.496 e. The lowest BCUT2D eigenvalue weighted by Crippen LogP contribution is -2.48. The first-order chi connectivity index (χ1) is 12.4. The minimum atomic E-state index is -3.41. The highest BCUT2D eigenvalue weighted by Crippen LogP contribution is 2.23. The average Bonchev–Trinajstić information content (AvgIpc) is 2.63. The molecule has 2 aromatic carbocycles. The molecule has 0 spiro atoms. The lowest BCUT2D eigenvalue weighted by atomic mass is 10.1. The van der Waals surface area contributed by atoms with Crippen molar-refractivity contribution in [1.82, 2.24) is 9.21 Å². The molecule has 1 saturated heterocycles. The molecule has 2 aromatic rings. The number of methoxy groups -OCH3 is 1. The Bertz CT molecular complexity index is 855. The fourth-order valence-electron chi connectivity index (χ4n) is 3.26. The molecule has 0 aliphatic carbocycles. The van der Waals surface area contributed by atoms with E-state index in [9.17, 15) is 8.42 Å².